The summed E-state index contributed by atoms with van der Waals surface area (Å²) in [7, 11) is 0. The predicted molar refractivity (Wildman–Crippen MR) is 129 cm³/mol. The summed E-state index contributed by atoms with van der Waals surface area (Å²) in [5, 5.41) is 11.4. The van der Waals surface area contributed by atoms with Crippen molar-refractivity contribution < 1.29 is 19.1 Å². The van der Waals surface area contributed by atoms with Gasteiger partial charge in [-0.05, 0) is 33.1 Å². The Bertz CT molecular complexity index is 710. The van der Waals surface area contributed by atoms with Gasteiger partial charge in [-0.25, -0.2) is 4.79 Å². The van der Waals surface area contributed by atoms with E-state index in [1.807, 2.05) is 23.0 Å². The molecule has 3 rings (SSSR count). The summed E-state index contributed by atoms with van der Waals surface area (Å²) in [6.07, 6.45) is 6.34. The number of nitrogens with one attached hydrogen (secondary N) is 5. The van der Waals surface area contributed by atoms with Crippen LogP contribution in [-0.2, 0) is 14.3 Å². The number of hydrazine groups is 2. The summed E-state index contributed by atoms with van der Waals surface area (Å²) >= 11 is 1.91. The van der Waals surface area contributed by atoms with Crippen molar-refractivity contribution in [3.8, 4) is 0 Å². The molecule has 10 nitrogen and oxygen atoms in total. The number of carbonyl (C=O) groups excluding carboxylic acids is 2. The molecule has 3 aliphatic rings. The SMILES string of the molecule is CCC1=CN(CCOCCOCCNC(=O)CCCC[C@@H]2SC[C@]3(C)NC(=O)N[C@]23C)NN1. The molecule has 3 aliphatic heterocycles. The number of ether oxygens (including phenoxy) is 2. The Balaban J connectivity index is 1.13. The Morgan fingerprint density at radius 3 is 2.76 bits per heavy atom. The third kappa shape index (κ3) is 6.91. The summed E-state index contributed by atoms with van der Waals surface area (Å²) in [6.45, 7) is 9.77. The summed E-state index contributed by atoms with van der Waals surface area (Å²) in [5.74, 6) is 0.981. The lowest BCUT2D eigenvalue weighted by Gasteiger charge is -2.35. The molecule has 2 saturated heterocycles. The Morgan fingerprint density at radius 1 is 1.21 bits per heavy atom. The smallest absolute Gasteiger partial charge is 0.315 e. The van der Waals surface area contributed by atoms with Gasteiger partial charge in [0.1, 0.15) is 0 Å². The molecule has 188 valence electrons. The van der Waals surface area contributed by atoms with E-state index in [0.29, 0.717) is 44.6 Å². The second kappa shape index (κ2) is 12.1. The van der Waals surface area contributed by atoms with Gasteiger partial charge < -0.3 is 30.8 Å². The Labute approximate surface area is 201 Å². The zero-order valence-electron chi connectivity index (χ0n) is 20.1. The molecule has 33 heavy (non-hydrogen) atoms. The van der Waals surface area contributed by atoms with E-state index >= 15 is 0 Å². The molecule has 0 aromatic rings. The Hall–Kier alpha value is -1.69. The third-order valence-electron chi connectivity index (χ3n) is 6.72. The van der Waals surface area contributed by atoms with Crippen molar-refractivity contribution in [2.75, 3.05) is 45.3 Å². The molecule has 5 N–H and O–H groups in total. The molecular weight excluding hydrogens is 444 g/mol. The first kappa shape index (κ1) is 25.9. The van der Waals surface area contributed by atoms with Gasteiger partial charge in [0.05, 0.1) is 44.1 Å². The molecule has 3 atom stereocenters. The van der Waals surface area contributed by atoms with Crippen molar-refractivity contribution in [3.63, 3.8) is 0 Å². The fraction of sp³-hybridized carbons (Fsp3) is 0.818. The minimum Gasteiger partial charge on any atom is -0.377 e. The average Bonchev–Trinajstić information content (AvgIpc) is 3.39. The number of unbranched alkanes of at least 4 members (excludes halogenated alkanes) is 1. The number of fused-ring (bicyclic) bond motifs is 1. The number of allylic oxidation sites excluding steroid dienone is 1. The van der Waals surface area contributed by atoms with Gasteiger partial charge in [0.2, 0.25) is 5.91 Å². The molecule has 3 heterocycles. The van der Waals surface area contributed by atoms with Crippen LogP contribution in [-0.4, -0.2) is 78.5 Å². The van der Waals surface area contributed by atoms with E-state index in [0.717, 1.165) is 43.7 Å². The number of rotatable bonds is 15. The average molecular weight is 485 g/mol. The lowest BCUT2D eigenvalue weighted by atomic mass is 9.79. The van der Waals surface area contributed by atoms with Crippen LogP contribution < -0.4 is 26.9 Å². The molecule has 0 spiro atoms. The first-order valence-electron chi connectivity index (χ1n) is 12.0. The summed E-state index contributed by atoms with van der Waals surface area (Å²) in [4.78, 5) is 23.8. The molecule has 0 radical (unpaired) electrons. The van der Waals surface area contributed by atoms with Crippen molar-refractivity contribution in [2.24, 2.45) is 0 Å². The van der Waals surface area contributed by atoms with Crippen LogP contribution in [0.15, 0.2) is 11.9 Å². The molecule has 3 amide bonds. The van der Waals surface area contributed by atoms with Gasteiger partial charge in [0, 0.05) is 35.9 Å². The van der Waals surface area contributed by atoms with Gasteiger partial charge in [0.15, 0.2) is 0 Å². The summed E-state index contributed by atoms with van der Waals surface area (Å²) < 4.78 is 11.1. The van der Waals surface area contributed by atoms with Crippen LogP contribution in [0.2, 0.25) is 0 Å². The molecule has 11 heteroatoms. The minimum atomic E-state index is -0.226. The van der Waals surface area contributed by atoms with E-state index in [-0.39, 0.29) is 23.0 Å². The molecule has 0 bridgehead atoms. The van der Waals surface area contributed by atoms with Crippen LogP contribution in [0.4, 0.5) is 4.79 Å². The van der Waals surface area contributed by atoms with Crippen LogP contribution >= 0.6 is 11.8 Å². The van der Waals surface area contributed by atoms with E-state index in [1.54, 1.807) is 0 Å². The molecule has 0 aromatic heterocycles. The second-order valence-electron chi connectivity index (χ2n) is 9.17. The highest BCUT2D eigenvalue weighted by atomic mass is 32.2. The van der Waals surface area contributed by atoms with E-state index in [9.17, 15) is 9.59 Å². The van der Waals surface area contributed by atoms with E-state index < -0.39 is 0 Å². The van der Waals surface area contributed by atoms with Gasteiger partial charge in [0.25, 0.3) is 0 Å². The maximum absolute atomic E-state index is 12.0. The first-order valence-corrected chi connectivity index (χ1v) is 13.0. The highest BCUT2D eigenvalue weighted by molar-refractivity contribution is 8.00. The fourth-order valence-corrected chi connectivity index (χ4v) is 6.25. The largest absolute Gasteiger partial charge is 0.377 e. The number of hydrogen-bond acceptors (Lipinski definition) is 8. The highest BCUT2D eigenvalue weighted by Gasteiger charge is 2.60. The van der Waals surface area contributed by atoms with E-state index in [2.05, 4.69) is 47.7 Å². The molecular formula is C22H40N6O4S. The van der Waals surface area contributed by atoms with Crippen LogP contribution in [0.3, 0.4) is 0 Å². The van der Waals surface area contributed by atoms with Gasteiger partial charge in [-0.3, -0.25) is 9.80 Å². The number of urea groups is 1. The number of amides is 3. The van der Waals surface area contributed by atoms with Crippen molar-refractivity contribution in [1.82, 2.24) is 31.9 Å². The van der Waals surface area contributed by atoms with Crippen molar-refractivity contribution in [3.05, 3.63) is 11.9 Å². The second-order valence-corrected chi connectivity index (χ2v) is 10.4. The summed E-state index contributed by atoms with van der Waals surface area (Å²) in [5.41, 5.74) is 6.88. The van der Waals surface area contributed by atoms with Crippen molar-refractivity contribution >= 4 is 23.7 Å². The van der Waals surface area contributed by atoms with Crippen LogP contribution in [0.5, 0.6) is 0 Å². The van der Waals surface area contributed by atoms with Gasteiger partial charge >= 0.3 is 6.03 Å². The lowest BCUT2D eigenvalue weighted by molar-refractivity contribution is -0.121. The lowest BCUT2D eigenvalue weighted by Crippen LogP contribution is -2.58. The summed E-state index contributed by atoms with van der Waals surface area (Å²) in [6, 6.07) is -0.0710. The maximum atomic E-state index is 12.0. The minimum absolute atomic E-state index is 0.0621. The molecule has 2 fully saturated rings. The Morgan fingerprint density at radius 2 is 2.00 bits per heavy atom. The number of thioether (sulfide) groups is 1. The first-order chi connectivity index (χ1) is 15.9. The van der Waals surface area contributed by atoms with Gasteiger partial charge in [-0.15, -0.1) is 5.53 Å². The van der Waals surface area contributed by atoms with Gasteiger partial charge in [-0.2, -0.15) is 11.8 Å². The fourth-order valence-electron chi connectivity index (χ4n) is 4.36. The van der Waals surface area contributed by atoms with Crippen LogP contribution in [0.1, 0.15) is 52.9 Å². The maximum Gasteiger partial charge on any atom is 0.315 e. The van der Waals surface area contributed by atoms with Crippen LogP contribution in [0, 0.1) is 0 Å². The van der Waals surface area contributed by atoms with E-state index in [1.165, 1.54) is 0 Å². The molecule has 0 unspecified atom stereocenters. The van der Waals surface area contributed by atoms with Gasteiger partial charge in [-0.1, -0.05) is 13.3 Å². The van der Waals surface area contributed by atoms with E-state index in [4.69, 9.17) is 9.47 Å². The predicted octanol–water partition coefficient (Wildman–Crippen LogP) is 1.22. The van der Waals surface area contributed by atoms with Crippen LogP contribution in [0.25, 0.3) is 0 Å². The third-order valence-corrected chi connectivity index (χ3v) is 8.57. The Kier molecular flexibility index (Phi) is 9.54. The molecule has 0 aromatic carbocycles. The highest BCUT2D eigenvalue weighted by Crippen LogP contribution is 2.47. The topological polar surface area (TPSA) is 116 Å². The monoisotopic (exact) mass is 484 g/mol. The van der Waals surface area contributed by atoms with Crippen molar-refractivity contribution in [2.45, 2.75) is 69.2 Å². The quantitative estimate of drug-likeness (QED) is 0.174. The molecule has 0 saturated carbocycles. The standard InChI is InChI=1S/C22H40N6O4S/c1-4-17-15-28(27-26-17)10-12-32-14-13-31-11-9-23-19(29)8-6-5-7-18-22(3)21(2,16-33-18)24-20(30)25-22/h15,18,26-27H,4-14,16H2,1-3H3,(H,23,29)(H2,24,25,30)/t18-,21-,22+/m0/s1. The zero-order valence-corrected chi connectivity index (χ0v) is 20.9. The number of hydrogen-bond donors (Lipinski definition) is 5. The number of carbonyl (C=O) groups is 2. The normalized spacial score (nSPS) is 28.2. The van der Waals surface area contributed by atoms with Crippen molar-refractivity contribution in [1.29, 1.82) is 0 Å². The zero-order chi connectivity index (χ0) is 23.7. The molecule has 0 aliphatic carbocycles. The number of nitrogens with zero attached hydrogens (tertiary/aromatic N) is 1.